The Hall–Kier alpha value is -0.770. The maximum Gasteiger partial charge on any atom is 0.319 e. The van der Waals surface area contributed by atoms with E-state index in [2.05, 4.69) is 6.92 Å². The highest BCUT2D eigenvalue weighted by atomic mass is 16.5. The summed E-state index contributed by atoms with van der Waals surface area (Å²) < 4.78 is 5.51. The average Bonchev–Trinajstić information content (AvgIpc) is 2.27. The molecule has 82 valence electrons. The first-order chi connectivity index (χ1) is 6.69. The molecule has 1 fully saturated rings. The van der Waals surface area contributed by atoms with E-state index in [4.69, 9.17) is 4.74 Å². The van der Waals surface area contributed by atoms with Crippen molar-refractivity contribution >= 4 is 6.03 Å². The zero-order chi connectivity index (χ0) is 10.6. The van der Waals surface area contributed by atoms with E-state index < -0.39 is 0 Å². The molecule has 1 aliphatic heterocycles. The molecule has 14 heavy (non-hydrogen) atoms. The van der Waals surface area contributed by atoms with Crippen LogP contribution in [0, 0.1) is 0 Å². The Morgan fingerprint density at radius 3 is 2.86 bits per heavy atom. The summed E-state index contributed by atoms with van der Waals surface area (Å²) in [5.41, 5.74) is 0. The number of carbonyl (C=O) groups is 1. The standard InChI is InChI=1S/C10H20N2O2/c1-4-9-8-12(6-7-14-9)10(13)11(3)5-2/h9H,4-8H2,1-3H3. The van der Waals surface area contributed by atoms with Crippen LogP contribution in [0.15, 0.2) is 0 Å². The number of hydrogen-bond donors (Lipinski definition) is 0. The molecule has 0 bridgehead atoms. The molecule has 0 radical (unpaired) electrons. The molecule has 1 heterocycles. The first-order valence-electron chi connectivity index (χ1n) is 5.30. The second-order valence-electron chi connectivity index (χ2n) is 3.64. The third kappa shape index (κ3) is 2.61. The van der Waals surface area contributed by atoms with E-state index in [-0.39, 0.29) is 12.1 Å². The Morgan fingerprint density at radius 2 is 2.29 bits per heavy atom. The van der Waals surface area contributed by atoms with E-state index in [0.29, 0.717) is 6.61 Å². The van der Waals surface area contributed by atoms with Crippen LogP contribution in [0.2, 0.25) is 0 Å². The van der Waals surface area contributed by atoms with Gasteiger partial charge in [-0.25, -0.2) is 4.79 Å². The van der Waals surface area contributed by atoms with Crippen molar-refractivity contribution in [3.8, 4) is 0 Å². The lowest BCUT2D eigenvalue weighted by Crippen LogP contribution is -2.49. The molecule has 4 heteroatoms. The number of rotatable bonds is 2. The van der Waals surface area contributed by atoms with Crippen molar-refractivity contribution in [1.29, 1.82) is 0 Å². The van der Waals surface area contributed by atoms with Crippen molar-refractivity contribution in [3.05, 3.63) is 0 Å². The van der Waals surface area contributed by atoms with Crippen molar-refractivity contribution < 1.29 is 9.53 Å². The molecule has 0 saturated carbocycles. The normalized spacial score (nSPS) is 22.2. The predicted molar refractivity (Wildman–Crippen MR) is 55.3 cm³/mol. The van der Waals surface area contributed by atoms with Gasteiger partial charge < -0.3 is 14.5 Å². The molecule has 0 spiro atoms. The van der Waals surface area contributed by atoms with Crippen molar-refractivity contribution in [2.24, 2.45) is 0 Å². The highest BCUT2D eigenvalue weighted by molar-refractivity contribution is 5.74. The maximum absolute atomic E-state index is 11.8. The van der Waals surface area contributed by atoms with Gasteiger partial charge in [0.25, 0.3) is 0 Å². The minimum atomic E-state index is 0.120. The van der Waals surface area contributed by atoms with Gasteiger partial charge >= 0.3 is 6.03 Å². The summed E-state index contributed by atoms with van der Waals surface area (Å²) in [6, 6.07) is 0.120. The lowest BCUT2D eigenvalue weighted by atomic mass is 10.2. The number of carbonyl (C=O) groups excluding carboxylic acids is 1. The zero-order valence-electron chi connectivity index (χ0n) is 9.32. The molecule has 1 unspecified atom stereocenters. The number of amides is 2. The first-order valence-corrected chi connectivity index (χ1v) is 5.30. The molecule has 0 N–H and O–H groups in total. The smallest absolute Gasteiger partial charge is 0.319 e. The van der Waals surface area contributed by atoms with Crippen LogP contribution >= 0.6 is 0 Å². The van der Waals surface area contributed by atoms with Crippen LogP contribution < -0.4 is 0 Å². The fourth-order valence-electron chi connectivity index (χ4n) is 1.52. The van der Waals surface area contributed by atoms with Gasteiger partial charge in [0.1, 0.15) is 0 Å². The Morgan fingerprint density at radius 1 is 1.57 bits per heavy atom. The Labute approximate surface area is 85.8 Å². The molecule has 1 aliphatic rings. The molecule has 1 rings (SSSR count). The number of urea groups is 1. The van der Waals surface area contributed by atoms with Crippen LogP contribution in [0.4, 0.5) is 4.79 Å². The number of morpholine rings is 1. The van der Waals surface area contributed by atoms with Crippen molar-refractivity contribution in [2.45, 2.75) is 26.4 Å². The third-order valence-corrected chi connectivity index (χ3v) is 2.67. The molecule has 0 aliphatic carbocycles. The third-order valence-electron chi connectivity index (χ3n) is 2.67. The lowest BCUT2D eigenvalue weighted by molar-refractivity contribution is -0.0193. The minimum Gasteiger partial charge on any atom is -0.375 e. The summed E-state index contributed by atoms with van der Waals surface area (Å²) in [5.74, 6) is 0. The maximum atomic E-state index is 11.8. The molecule has 4 nitrogen and oxygen atoms in total. The fourth-order valence-corrected chi connectivity index (χ4v) is 1.52. The van der Waals surface area contributed by atoms with Gasteiger partial charge in [-0.1, -0.05) is 6.92 Å². The van der Waals surface area contributed by atoms with Crippen LogP contribution in [-0.4, -0.2) is 55.2 Å². The molecule has 0 aromatic carbocycles. The minimum absolute atomic E-state index is 0.120. The van der Waals surface area contributed by atoms with Gasteiger partial charge in [-0.2, -0.15) is 0 Å². The van der Waals surface area contributed by atoms with Gasteiger partial charge in [-0.05, 0) is 13.3 Å². The molecule has 0 aromatic rings. The van der Waals surface area contributed by atoms with Gasteiger partial charge in [-0.3, -0.25) is 0 Å². The van der Waals surface area contributed by atoms with Gasteiger partial charge in [0.15, 0.2) is 0 Å². The Kier molecular flexibility index (Phi) is 4.20. The predicted octanol–water partition coefficient (Wildman–Crippen LogP) is 1.17. The fraction of sp³-hybridized carbons (Fsp3) is 0.900. The van der Waals surface area contributed by atoms with Crippen molar-refractivity contribution in [2.75, 3.05) is 33.3 Å². The van der Waals surface area contributed by atoms with E-state index in [1.807, 2.05) is 18.9 Å². The molecule has 0 aromatic heterocycles. The number of nitrogens with zero attached hydrogens (tertiary/aromatic N) is 2. The van der Waals surface area contributed by atoms with Gasteiger partial charge in [0, 0.05) is 26.7 Å². The summed E-state index contributed by atoms with van der Waals surface area (Å²) in [6.07, 6.45) is 1.19. The summed E-state index contributed by atoms with van der Waals surface area (Å²) in [5, 5.41) is 0. The van der Waals surface area contributed by atoms with Crippen LogP contribution in [0.1, 0.15) is 20.3 Å². The average molecular weight is 200 g/mol. The van der Waals surface area contributed by atoms with Gasteiger partial charge in [0.2, 0.25) is 0 Å². The summed E-state index contributed by atoms with van der Waals surface area (Å²) >= 11 is 0. The molecule has 1 atom stereocenters. The lowest BCUT2D eigenvalue weighted by Gasteiger charge is -2.34. The monoisotopic (exact) mass is 200 g/mol. The van der Waals surface area contributed by atoms with Gasteiger partial charge in [-0.15, -0.1) is 0 Å². The van der Waals surface area contributed by atoms with Gasteiger partial charge in [0.05, 0.1) is 12.7 Å². The Bertz CT molecular complexity index is 197. The van der Waals surface area contributed by atoms with E-state index >= 15 is 0 Å². The highest BCUT2D eigenvalue weighted by Crippen LogP contribution is 2.09. The summed E-state index contributed by atoms with van der Waals surface area (Å²) in [6.45, 7) is 6.95. The highest BCUT2D eigenvalue weighted by Gasteiger charge is 2.24. The number of ether oxygens (including phenoxy) is 1. The Balaban J connectivity index is 2.47. The van der Waals surface area contributed by atoms with E-state index in [1.54, 1.807) is 4.90 Å². The molecular weight excluding hydrogens is 180 g/mol. The SMILES string of the molecule is CCC1CN(C(=O)N(C)CC)CCO1. The summed E-state index contributed by atoms with van der Waals surface area (Å²) in [4.78, 5) is 15.4. The van der Waals surface area contributed by atoms with Crippen LogP contribution in [0.5, 0.6) is 0 Å². The quantitative estimate of drug-likeness (QED) is 0.670. The second kappa shape index (κ2) is 5.20. The molecule has 1 saturated heterocycles. The second-order valence-corrected chi connectivity index (χ2v) is 3.64. The van der Waals surface area contributed by atoms with Crippen molar-refractivity contribution in [3.63, 3.8) is 0 Å². The van der Waals surface area contributed by atoms with E-state index in [1.165, 1.54) is 0 Å². The van der Waals surface area contributed by atoms with E-state index in [0.717, 1.165) is 26.1 Å². The van der Waals surface area contributed by atoms with Crippen LogP contribution in [0.25, 0.3) is 0 Å². The van der Waals surface area contributed by atoms with Crippen molar-refractivity contribution in [1.82, 2.24) is 9.80 Å². The first kappa shape index (κ1) is 11.3. The number of hydrogen-bond acceptors (Lipinski definition) is 2. The molecular formula is C10H20N2O2. The van der Waals surface area contributed by atoms with Crippen LogP contribution in [-0.2, 0) is 4.74 Å². The zero-order valence-corrected chi connectivity index (χ0v) is 9.32. The summed E-state index contributed by atoms with van der Waals surface area (Å²) in [7, 11) is 1.83. The van der Waals surface area contributed by atoms with Crippen LogP contribution in [0.3, 0.4) is 0 Å². The van der Waals surface area contributed by atoms with E-state index in [9.17, 15) is 4.79 Å². The largest absolute Gasteiger partial charge is 0.375 e. The molecule has 2 amide bonds. The topological polar surface area (TPSA) is 32.8 Å².